The number of halogens is 2. The average molecular weight is 244 g/mol. The van der Waals surface area contributed by atoms with Gasteiger partial charge in [0.25, 0.3) is 0 Å². The first kappa shape index (κ1) is 13.1. The number of carboxylic acid groups (broad SMARTS) is 1. The Morgan fingerprint density at radius 3 is 2.41 bits per heavy atom. The Hall–Kier alpha value is -1.98. The van der Waals surface area contributed by atoms with Gasteiger partial charge in [-0.3, -0.25) is 9.59 Å². The quantitative estimate of drug-likeness (QED) is 0.614. The Labute approximate surface area is 95.8 Å². The molecule has 4 nitrogen and oxygen atoms in total. The van der Waals surface area contributed by atoms with Crippen LogP contribution in [0.1, 0.15) is 23.2 Å². The fraction of sp³-hybridized carbons (Fsp3) is 0.273. The number of ether oxygens (including phenoxy) is 1. The zero-order valence-electron chi connectivity index (χ0n) is 8.78. The first-order valence-corrected chi connectivity index (χ1v) is 4.83. The Kier molecular flexibility index (Phi) is 4.56. The monoisotopic (exact) mass is 244 g/mol. The SMILES string of the molecule is O=Cc1c(F)cc(OCCCC(=O)O)cc1F. The molecule has 1 N–H and O–H groups in total. The van der Waals surface area contributed by atoms with Crippen molar-refractivity contribution in [3.63, 3.8) is 0 Å². The molecule has 17 heavy (non-hydrogen) atoms. The standard InChI is InChI=1S/C11H10F2O4/c12-9-4-7(5-10(13)8(9)6-14)17-3-1-2-11(15)16/h4-6H,1-3H2,(H,15,16). The summed E-state index contributed by atoms with van der Waals surface area (Å²) in [4.78, 5) is 20.5. The summed E-state index contributed by atoms with van der Waals surface area (Å²) in [6, 6.07) is 1.77. The van der Waals surface area contributed by atoms with Crippen molar-refractivity contribution in [1.29, 1.82) is 0 Å². The molecule has 0 aliphatic carbocycles. The van der Waals surface area contributed by atoms with Crippen molar-refractivity contribution in [1.82, 2.24) is 0 Å². The highest BCUT2D eigenvalue weighted by atomic mass is 19.1. The van der Waals surface area contributed by atoms with Gasteiger partial charge in [0.05, 0.1) is 12.2 Å². The van der Waals surface area contributed by atoms with Gasteiger partial charge in [-0.1, -0.05) is 0 Å². The van der Waals surface area contributed by atoms with Crippen molar-refractivity contribution in [2.24, 2.45) is 0 Å². The van der Waals surface area contributed by atoms with Gasteiger partial charge in [0.1, 0.15) is 17.4 Å². The highest BCUT2D eigenvalue weighted by Crippen LogP contribution is 2.19. The maximum atomic E-state index is 13.1. The van der Waals surface area contributed by atoms with E-state index in [1.165, 1.54) is 0 Å². The summed E-state index contributed by atoms with van der Waals surface area (Å²) >= 11 is 0. The molecule has 0 fully saturated rings. The van der Waals surface area contributed by atoms with Gasteiger partial charge < -0.3 is 9.84 Å². The number of aldehydes is 1. The fourth-order valence-electron chi connectivity index (χ4n) is 1.17. The van der Waals surface area contributed by atoms with Gasteiger partial charge >= 0.3 is 5.97 Å². The van der Waals surface area contributed by atoms with E-state index in [1.807, 2.05) is 0 Å². The van der Waals surface area contributed by atoms with E-state index in [4.69, 9.17) is 9.84 Å². The van der Waals surface area contributed by atoms with Gasteiger partial charge in [0, 0.05) is 18.6 Å². The van der Waals surface area contributed by atoms with Crippen LogP contribution in [0.3, 0.4) is 0 Å². The molecular formula is C11H10F2O4. The van der Waals surface area contributed by atoms with Crippen LogP contribution in [0, 0.1) is 11.6 Å². The van der Waals surface area contributed by atoms with Crippen molar-refractivity contribution in [3.8, 4) is 5.75 Å². The van der Waals surface area contributed by atoms with Crippen LogP contribution < -0.4 is 4.74 Å². The summed E-state index contributed by atoms with van der Waals surface area (Å²) in [7, 11) is 0. The molecule has 0 amide bonds. The number of rotatable bonds is 6. The highest BCUT2D eigenvalue weighted by Gasteiger charge is 2.10. The van der Waals surface area contributed by atoms with E-state index in [2.05, 4.69) is 0 Å². The number of hydrogen-bond acceptors (Lipinski definition) is 3. The van der Waals surface area contributed by atoms with E-state index < -0.39 is 23.2 Å². The first-order chi connectivity index (χ1) is 8.04. The summed E-state index contributed by atoms with van der Waals surface area (Å²) in [5, 5.41) is 8.35. The van der Waals surface area contributed by atoms with Crippen molar-refractivity contribution in [2.75, 3.05) is 6.61 Å². The largest absolute Gasteiger partial charge is 0.493 e. The second-order valence-electron chi connectivity index (χ2n) is 3.26. The van der Waals surface area contributed by atoms with E-state index in [0.717, 1.165) is 12.1 Å². The number of carbonyl (C=O) groups excluding carboxylic acids is 1. The molecule has 92 valence electrons. The zero-order chi connectivity index (χ0) is 12.8. The van der Waals surface area contributed by atoms with Crippen LogP contribution in [0.2, 0.25) is 0 Å². The lowest BCUT2D eigenvalue weighted by Gasteiger charge is -2.06. The Balaban J connectivity index is 2.61. The van der Waals surface area contributed by atoms with Gasteiger partial charge in [0.2, 0.25) is 0 Å². The molecule has 1 rings (SSSR count). The first-order valence-electron chi connectivity index (χ1n) is 4.83. The van der Waals surface area contributed by atoms with Crippen molar-refractivity contribution in [3.05, 3.63) is 29.3 Å². The molecule has 1 aromatic rings. The minimum atomic E-state index is -1.01. The molecule has 0 saturated carbocycles. The van der Waals surface area contributed by atoms with Gasteiger partial charge in [0.15, 0.2) is 6.29 Å². The van der Waals surface area contributed by atoms with E-state index >= 15 is 0 Å². The highest BCUT2D eigenvalue weighted by molar-refractivity contribution is 5.76. The van der Waals surface area contributed by atoms with Crippen LogP contribution in [0.4, 0.5) is 8.78 Å². The van der Waals surface area contributed by atoms with Crippen LogP contribution in [0.25, 0.3) is 0 Å². The second-order valence-corrected chi connectivity index (χ2v) is 3.26. The van der Waals surface area contributed by atoms with Crippen molar-refractivity contribution >= 4 is 12.3 Å². The fourth-order valence-corrected chi connectivity index (χ4v) is 1.17. The van der Waals surface area contributed by atoms with E-state index in [-0.39, 0.29) is 31.5 Å². The van der Waals surface area contributed by atoms with E-state index in [0.29, 0.717) is 0 Å². The Morgan fingerprint density at radius 2 is 1.94 bits per heavy atom. The lowest BCUT2D eigenvalue weighted by Crippen LogP contribution is -2.03. The molecule has 0 atom stereocenters. The molecule has 0 aromatic heterocycles. The lowest BCUT2D eigenvalue weighted by molar-refractivity contribution is -0.137. The number of carboxylic acids is 1. The van der Waals surface area contributed by atoms with Crippen LogP contribution in [0.5, 0.6) is 5.75 Å². The summed E-state index contributed by atoms with van der Waals surface area (Å²) < 4.78 is 31.2. The molecule has 0 aliphatic heterocycles. The maximum Gasteiger partial charge on any atom is 0.303 e. The molecule has 0 aliphatic rings. The molecule has 1 aromatic carbocycles. The number of benzene rings is 1. The van der Waals surface area contributed by atoms with Crippen LogP contribution >= 0.6 is 0 Å². The summed E-state index contributed by atoms with van der Waals surface area (Å²) in [6.45, 7) is 0.0333. The molecule has 0 radical (unpaired) electrons. The van der Waals surface area contributed by atoms with E-state index in [1.54, 1.807) is 0 Å². The smallest absolute Gasteiger partial charge is 0.303 e. The predicted octanol–water partition coefficient (Wildman–Crippen LogP) is 2.02. The molecule has 0 heterocycles. The van der Waals surface area contributed by atoms with E-state index in [9.17, 15) is 18.4 Å². The number of aliphatic carboxylic acids is 1. The Morgan fingerprint density at radius 1 is 1.35 bits per heavy atom. The Bertz CT molecular complexity index is 408. The third-order valence-electron chi connectivity index (χ3n) is 1.97. The molecule has 0 spiro atoms. The third kappa shape index (κ3) is 3.82. The average Bonchev–Trinajstić information content (AvgIpc) is 2.24. The van der Waals surface area contributed by atoms with Gasteiger partial charge in [-0.15, -0.1) is 0 Å². The second kappa shape index (κ2) is 5.93. The predicted molar refractivity (Wildman–Crippen MR) is 54.1 cm³/mol. The van der Waals surface area contributed by atoms with Crippen LogP contribution in [-0.4, -0.2) is 24.0 Å². The van der Waals surface area contributed by atoms with Gasteiger partial charge in [-0.25, -0.2) is 8.78 Å². The summed E-state index contributed by atoms with van der Waals surface area (Å²) in [5.74, 6) is -3.06. The normalized spacial score (nSPS) is 10.0. The number of carbonyl (C=O) groups is 2. The molecule has 6 heteroatoms. The van der Waals surface area contributed by atoms with Gasteiger partial charge in [-0.2, -0.15) is 0 Å². The molecule has 0 unspecified atom stereocenters. The van der Waals surface area contributed by atoms with Gasteiger partial charge in [-0.05, 0) is 6.42 Å². The summed E-state index contributed by atoms with van der Waals surface area (Å²) in [6.07, 6.45) is 0.226. The van der Waals surface area contributed by atoms with Crippen LogP contribution in [-0.2, 0) is 4.79 Å². The minimum absolute atomic E-state index is 0.0333. The summed E-state index contributed by atoms with van der Waals surface area (Å²) in [5.41, 5.74) is -0.650. The zero-order valence-corrected chi connectivity index (χ0v) is 8.78. The maximum absolute atomic E-state index is 13.1. The topological polar surface area (TPSA) is 63.6 Å². The molecule has 0 saturated heterocycles. The van der Waals surface area contributed by atoms with Crippen molar-refractivity contribution < 1.29 is 28.2 Å². The third-order valence-corrected chi connectivity index (χ3v) is 1.97. The molecule has 0 bridgehead atoms. The van der Waals surface area contributed by atoms with Crippen molar-refractivity contribution in [2.45, 2.75) is 12.8 Å². The minimum Gasteiger partial charge on any atom is -0.493 e. The lowest BCUT2D eigenvalue weighted by atomic mass is 10.2. The molecular weight excluding hydrogens is 234 g/mol. The van der Waals surface area contributed by atoms with Crippen LogP contribution in [0.15, 0.2) is 12.1 Å². The number of hydrogen-bond donors (Lipinski definition) is 1.